The number of urea groups is 1. The summed E-state index contributed by atoms with van der Waals surface area (Å²) < 4.78 is 5.16. The lowest BCUT2D eigenvalue weighted by molar-refractivity contribution is -0.145. The Balaban J connectivity index is 0.000000338. The minimum atomic E-state index is -0.673. The predicted octanol–water partition coefficient (Wildman–Crippen LogP) is 16.3. The van der Waals surface area contributed by atoms with Crippen molar-refractivity contribution in [2.45, 2.75) is 378 Å². The summed E-state index contributed by atoms with van der Waals surface area (Å²) in [6.07, 6.45) is 14.0. The standard InChI is InChI=1S/C16H23N.C14H19NO2.C11H23N3O.C11H21NO.C10H20N2O.2C10H19NO.C9H19N3.2C9H18N2O.C9H17NO2/c1-13(2)17-9-7-16(8-10-17)11-14-5-3-4-6-15(14)12-16;1-4-17-14(16)13-9-11-7-5-6-8-12(11)15(13)10(2)3;1-9(2)12-11(15)14-7-5-13(6-8-14)10(3)4;1-9(2)11-4-6-12(7-5-11)8-10(3)13;1-9(2)12-6-4-11(5-7-12)8-10(3)13;1-8(2)11-6-4-10(5-7-11)9(3)12;1-8(2)10-4-6-11(7-5-10)9(3)12;1-8(2)11-4-6-12(7-5-11)9(3)10;2*1-8(2)10-4-6-11(7-5-10)9(3)12;1-6(2)10-5-7(3)4-8(10)9(11)12/h3-6,13H,7-12H2,1-2H3;5-8,10,13H,4,9H2,1-3H3;9-10H,5-8H2,1-4H3,(H,12,15);9,11H,4-8H2,1-3H3;9H,4-8H2,1-3H3;3*8,10H,4-7H2,1-3H3;2*8H,4-7H2,1-3H3;6-8H,4-5H2,1-3H3,(H,11,12)/t;;;;;;;;;;7-,8+/m..........1/s1. The number of hydrogen-bond donors (Lipinski definition) is 3. The van der Waals surface area contributed by atoms with E-state index in [0.29, 0.717) is 103 Å². The Morgan fingerprint density at radius 2 is 0.721 bits per heavy atom. The molecule has 14 rings (SSSR count). The van der Waals surface area contributed by atoms with Crippen molar-refractivity contribution in [3.05, 3.63) is 65.2 Å². The summed E-state index contributed by atoms with van der Waals surface area (Å²) in [4.78, 5) is 136. The molecule has 1 unspecified atom stereocenters. The number of carboxylic acid groups (broad SMARTS) is 1. The van der Waals surface area contributed by atoms with E-state index in [1.54, 1.807) is 52.7 Å². The van der Waals surface area contributed by atoms with E-state index in [4.69, 9.17) is 15.3 Å². The second-order valence-electron chi connectivity index (χ2n) is 47.3. The van der Waals surface area contributed by atoms with Gasteiger partial charge in [-0.25, -0.2) is 9.59 Å². The van der Waals surface area contributed by atoms with Gasteiger partial charge in [-0.15, -0.1) is 0 Å². The number of piperidine rings is 4. The summed E-state index contributed by atoms with van der Waals surface area (Å²) in [5.41, 5.74) is 6.24. The van der Waals surface area contributed by atoms with Gasteiger partial charge in [0.05, 0.1) is 25.5 Å². The smallest absolute Gasteiger partial charge is 0.329 e. The molecule has 11 heterocycles. The second kappa shape index (κ2) is 68.2. The van der Waals surface area contributed by atoms with E-state index in [9.17, 15) is 43.2 Å². The lowest BCUT2D eigenvalue weighted by atomic mass is 9.76. The number of benzene rings is 2. The van der Waals surface area contributed by atoms with Gasteiger partial charge in [0.15, 0.2) is 0 Å². The van der Waals surface area contributed by atoms with Crippen molar-refractivity contribution in [1.29, 1.82) is 5.41 Å². The van der Waals surface area contributed by atoms with E-state index in [-0.39, 0.29) is 53.6 Å². The van der Waals surface area contributed by atoms with E-state index in [0.717, 1.165) is 232 Å². The maximum Gasteiger partial charge on any atom is 0.329 e. The van der Waals surface area contributed by atoms with Crippen LogP contribution >= 0.6 is 0 Å². The molecule has 3 atom stereocenters. The van der Waals surface area contributed by atoms with Crippen molar-refractivity contribution in [2.75, 3.05) is 214 Å². The topological polar surface area (TPSA) is 271 Å². The highest BCUT2D eigenvalue weighted by atomic mass is 16.5. The number of nitrogens with zero attached hydrogens (tertiary/aromatic N) is 16. The van der Waals surface area contributed by atoms with E-state index in [1.807, 2.05) is 73.3 Å². The van der Waals surface area contributed by atoms with Gasteiger partial charge in [-0.3, -0.25) is 78.2 Å². The summed E-state index contributed by atoms with van der Waals surface area (Å²) in [5, 5.41) is 19.3. The van der Waals surface area contributed by atoms with Gasteiger partial charge in [0.1, 0.15) is 29.4 Å². The average Bonchev–Trinajstić information content (AvgIpc) is 1.64. The lowest BCUT2D eigenvalue weighted by Crippen LogP contribution is -2.54. The van der Waals surface area contributed by atoms with Crippen LogP contribution in [0.25, 0.3) is 0 Å². The van der Waals surface area contributed by atoms with Crippen LogP contribution in [-0.2, 0) is 62.4 Å². The minimum absolute atomic E-state index is 0.0772. The third-order valence-corrected chi connectivity index (χ3v) is 32.1. The van der Waals surface area contributed by atoms with Crippen LogP contribution in [0.4, 0.5) is 10.5 Å². The molecule has 844 valence electrons. The molecule has 1 aliphatic carbocycles. The van der Waals surface area contributed by atoms with Crippen LogP contribution in [0.15, 0.2) is 48.5 Å². The Morgan fingerprint density at radius 3 is 1.04 bits per heavy atom. The number of amidine groups is 1. The van der Waals surface area contributed by atoms with E-state index >= 15 is 0 Å². The van der Waals surface area contributed by atoms with Crippen LogP contribution in [0.5, 0.6) is 0 Å². The molecular weight excluding hydrogens is 1850 g/mol. The number of hydrogen-bond acceptors (Lipinski definition) is 22. The molecule has 2 aromatic carbocycles. The van der Waals surface area contributed by atoms with Crippen LogP contribution in [0.2, 0.25) is 0 Å². The molecule has 3 N–H and O–H groups in total. The molecule has 10 fully saturated rings. The number of fused-ring (bicyclic) bond motifs is 2. The van der Waals surface area contributed by atoms with E-state index < -0.39 is 5.97 Å². The first-order chi connectivity index (χ1) is 69.1. The largest absolute Gasteiger partial charge is 0.480 e. The van der Waals surface area contributed by atoms with Crippen LogP contribution in [0.3, 0.4) is 0 Å². The van der Waals surface area contributed by atoms with Gasteiger partial charge >= 0.3 is 18.0 Å². The van der Waals surface area contributed by atoms with E-state index in [2.05, 4.69) is 246 Å². The Morgan fingerprint density at radius 1 is 0.388 bits per heavy atom. The van der Waals surface area contributed by atoms with Gasteiger partial charge in [-0.2, -0.15) is 0 Å². The summed E-state index contributed by atoms with van der Waals surface area (Å²) in [7, 11) is 0. The number of ketones is 3. The van der Waals surface area contributed by atoms with Crippen LogP contribution in [0, 0.1) is 46.3 Å². The number of esters is 1. The highest BCUT2D eigenvalue weighted by molar-refractivity contribution is 5.84. The molecular formula is C118H216N18O11. The maximum absolute atomic E-state index is 12.0. The zero-order valence-corrected chi connectivity index (χ0v) is 99.3. The number of ether oxygens (including phenoxy) is 1. The highest BCUT2D eigenvalue weighted by Gasteiger charge is 2.42. The zero-order valence-electron chi connectivity index (χ0n) is 99.3. The van der Waals surface area contributed by atoms with Gasteiger partial charge < -0.3 is 54.4 Å². The minimum Gasteiger partial charge on any atom is -0.480 e. The number of nitrogens with one attached hydrogen (secondary N) is 2. The molecule has 0 aromatic heterocycles. The third kappa shape index (κ3) is 48.4. The second-order valence-corrected chi connectivity index (χ2v) is 47.3. The molecule has 0 bridgehead atoms. The first-order valence-electron chi connectivity index (χ1n) is 57.4. The summed E-state index contributed by atoms with van der Waals surface area (Å²) in [6, 6.07) is 22.2. The van der Waals surface area contributed by atoms with Crippen molar-refractivity contribution in [3.8, 4) is 0 Å². The van der Waals surface area contributed by atoms with Gasteiger partial charge in [0.2, 0.25) is 17.7 Å². The molecule has 1 spiro atoms. The SMILES string of the molecule is CC(=N)N1CCN(C(C)C)CC1.CC(=O)C1CCN(C(C)C)CC1.CC(=O)CN1CCC(C(C)C)CC1.CC(=O)CN1CCN(C(C)C)CC1.CC(=O)N1CCC(C(C)C)CC1.CC(=O)N1CCN(C(C)C)CC1.CC(=O)N1CCN(C(C)C)CC1.CC(C)N1CCC2(CC1)Cc1ccccc1C2.CC(C)N1C[C@H](C)C[C@H]1C(=O)O.CC(C)NC(=O)N1CCN(C(C)C)CC1.CCOC(=O)C1Cc2ccccc2N1C(C)C. The number of para-hydroxylation sites is 1. The Hall–Kier alpha value is -7.06. The first kappa shape index (κ1) is 132. The van der Waals surface area contributed by atoms with Gasteiger partial charge in [-0.1, -0.05) is 77.1 Å². The molecule has 29 nitrogen and oxygen atoms in total. The number of anilines is 1. The molecule has 147 heavy (non-hydrogen) atoms. The number of piperazine rings is 5. The van der Waals surface area contributed by atoms with Crippen molar-refractivity contribution in [3.63, 3.8) is 0 Å². The average molecular weight is 2060 g/mol. The fraction of sp³-hybridized carbons (Fsp3) is 0.814. The number of aliphatic carboxylic acids is 1. The molecule has 11 aliphatic heterocycles. The molecule has 2 aromatic rings. The number of carboxylic acids is 1. The Labute approximate surface area is 895 Å². The molecule has 10 saturated heterocycles. The first-order valence-corrected chi connectivity index (χ1v) is 57.4. The summed E-state index contributed by atoms with van der Waals surface area (Å²) >= 11 is 0. The lowest BCUT2D eigenvalue weighted by Gasteiger charge is -2.41. The summed E-state index contributed by atoms with van der Waals surface area (Å²) in [6.45, 7) is 99.9. The molecule has 5 amide bonds. The Bertz CT molecular complexity index is 3800. The third-order valence-electron chi connectivity index (χ3n) is 32.1. The molecule has 0 saturated carbocycles. The number of Topliss-reactive ketones (excluding diaryl/α,β-unsaturated/α-hetero) is 3. The van der Waals surface area contributed by atoms with Gasteiger partial charge in [0, 0.05) is 250 Å². The number of carbonyl (C=O) groups excluding carboxylic acids is 8. The Kier molecular flexibility index (Phi) is 61.3. The van der Waals surface area contributed by atoms with Gasteiger partial charge in [-0.05, 0) is 341 Å². The quantitative estimate of drug-likeness (QED) is 0.0631. The summed E-state index contributed by atoms with van der Waals surface area (Å²) in [5.74, 6) is 5.67. The normalized spacial score (nSPS) is 21.3. The number of likely N-dealkylation sites (tertiary alicyclic amines) is 5. The fourth-order valence-electron chi connectivity index (χ4n) is 22.0. The van der Waals surface area contributed by atoms with Crippen molar-refractivity contribution in [2.24, 2.45) is 40.9 Å². The molecule has 12 aliphatic rings. The number of amides is 5. The van der Waals surface area contributed by atoms with Gasteiger partial charge in [0.25, 0.3) is 0 Å². The monoisotopic (exact) mass is 2060 g/mol. The van der Waals surface area contributed by atoms with Crippen LogP contribution in [0.1, 0.15) is 303 Å². The number of rotatable bonds is 20. The highest BCUT2D eigenvalue weighted by Crippen LogP contribution is 2.45. The maximum atomic E-state index is 12.0. The van der Waals surface area contributed by atoms with Crippen molar-refractivity contribution in [1.82, 2.24) is 78.8 Å². The number of carbonyl (C=O) groups is 9. The van der Waals surface area contributed by atoms with Crippen LogP contribution < -0.4 is 10.2 Å². The van der Waals surface area contributed by atoms with Crippen molar-refractivity contribution >= 4 is 64.6 Å². The van der Waals surface area contributed by atoms with E-state index in [1.165, 1.54) is 75.7 Å². The van der Waals surface area contributed by atoms with Crippen molar-refractivity contribution < 1.29 is 53.0 Å². The molecule has 0 radical (unpaired) electrons. The molecule has 29 heteroatoms. The predicted molar refractivity (Wildman–Crippen MR) is 607 cm³/mol. The van der Waals surface area contributed by atoms with Crippen LogP contribution in [-0.4, -0.2) is 419 Å². The fourth-order valence-corrected chi connectivity index (χ4v) is 22.0. The zero-order chi connectivity index (χ0) is 110.